The monoisotopic (exact) mass is 258 g/mol. The van der Waals surface area contributed by atoms with Gasteiger partial charge in [0.25, 0.3) is 0 Å². The van der Waals surface area contributed by atoms with Crippen LogP contribution in [0.3, 0.4) is 0 Å². The highest BCUT2D eigenvalue weighted by molar-refractivity contribution is 6.76. The summed E-state index contributed by atoms with van der Waals surface area (Å²) >= 11 is 0. The van der Waals surface area contributed by atoms with Gasteiger partial charge in [-0.3, -0.25) is 4.79 Å². The molecule has 0 heterocycles. The van der Waals surface area contributed by atoms with Crippen LogP contribution in [0.25, 0.3) is 0 Å². The summed E-state index contributed by atoms with van der Waals surface area (Å²) in [7, 11) is -1.05. The average Bonchev–Trinajstić information content (AvgIpc) is 2.70. The van der Waals surface area contributed by atoms with E-state index in [0.29, 0.717) is 24.9 Å². The molecule has 4 heteroatoms. The Bertz CT molecular complexity index is 294. The molecule has 2 nitrogen and oxygen atoms in total. The molecule has 1 saturated carbocycles. The minimum Gasteiger partial charge on any atom is -0.381 e. The van der Waals surface area contributed by atoms with Crippen LogP contribution in [0.4, 0.5) is 4.39 Å². The number of rotatable bonds is 6. The summed E-state index contributed by atoms with van der Waals surface area (Å²) in [6, 6.07) is 1.13. The van der Waals surface area contributed by atoms with Gasteiger partial charge in [-0.25, -0.2) is 4.39 Å². The van der Waals surface area contributed by atoms with E-state index in [-0.39, 0.29) is 5.92 Å². The normalized spacial score (nSPS) is 23.9. The van der Waals surface area contributed by atoms with Gasteiger partial charge in [-0.15, -0.1) is 0 Å². The van der Waals surface area contributed by atoms with Gasteiger partial charge in [0.1, 0.15) is 0 Å². The lowest BCUT2D eigenvalue weighted by molar-refractivity contribution is -0.106. The van der Waals surface area contributed by atoms with Crippen LogP contribution in [0.2, 0.25) is 25.7 Å². The van der Waals surface area contributed by atoms with E-state index >= 15 is 0 Å². The van der Waals surface area contributed by atoms with E-state index in [1.54, 1.807) is 0 Å². The van der Waals surface area contributed by atoms with Gasteiger partial charge in [0.05, 0.1) is 6.61 Å². The van der Waals surface area contributed by atoms with Crippen LogP contribution in [0.1, 0.15) is 19.3 Å². The maximum atomic E-state index is 13.2. The lowest BCUT2D eigenvalue weighted by Gasteiger charge is -2.17. The van der Waals surface area contributed by atoms with Gasteiger partial charge in [0.2, 0.25) is 0 Å². The molecule has 0 radical (unpaired) electrons. The molecule has 98 valence electrons. The molecular weight excluding hydrogens is 235 g/mol. The second-order valence-corrected chi connectivity index (χ2v) is 11.6. The second kappa shape index (κ2) is 6.45. The molecule has 0 aliphatic heterocycles. The Morgan fingerprint density at radius 3 is 2.82 bits per heavy atom. The average molecular weight is 258 g/mol. The van der Waals surface area contributed by atoms with E-state index in [1.165, 1.54) is 0 Å². The molecule has 0 N–H and O–H groups in total. The maximum Gasteiger partial charge on any atom is 0.178 e. The highest BCUT2D eigenvalue weighted by Gasteiger charge is 2.24. The van der Waals surface area contributed by atoms with Crippen molar-refractivity contribution in [2.45, 2.75) is 44.9 Å². The first-order chi connectivity index (χ1) is 7.94. The van der Waals surface area contributed by atoms with Crippen LogP contribution in [-0.2, 0) is 9.53 Å². The Kier molecular flexibility index (Phi) is 5.53. The Labute approximate surface area is 104 Å². The van der Waals surface area contributed by atoms with E-state index in [4.69, 9.17) is 4.74 Å². The number of carbonyl (C=O) groups is 1. The molecule has 17 heavy (non-hydrogen) atoms. The van der Waals surface area contributed by atoms with Crippen molar-refractivity contribution in [3.8, 4) is 0 Å². The van der Waals surface area contributed by atoms with Crippen molar-refractivity contribution in [2.24, 2.45) is 5.92 Å². The summed E-state index contributed by atoms with van der Waals surface area (Å²) in [5, 5.41) is 0. The Morgan fingerprint density at radius 2 is 2.24 bits per heavy atom. The lowest BCUT2D eigenvalue weighted by atomic mass is 10.0. The van der Waals surface area contributed by atoms with Gasteiger partial charge >= 0.3 is 0 Å². The molecule has 1 aliphatic rings. The van der Waals surface area contributed by atoms with Crippen molar-refractivity contribution in [1.82, 2.24) is 0 Å². The SMILES string of the molecule is C[Si](C)(C)CCOCC1CCCC1=C(F)C=O. The summed E-state index contributed by atoms with van der Waals surface area (Å²) in [5.74, 6) is -0.442. The molecule has 0 aromatic heterocycles. The molecule has 0 saturated heterocycles. The van der Waals surface area contributed by atoms with Crippen molar-refractivity contribution in [1.29, 1.82) is 0 Å². The van der Waals surface area contributed by atoms with Gasteiger partial charge in [-0.2, -0.15) is 0 Å². The molecule has 1 rings (SSSR count). The van der Waals surface area contributed by atoms with Crippen LogP contribution < -0.4 is 0 Å². The van der Waals surface area contributed by atoms with E-state index in [2.05, 4.69) is 19.6 Å². The van der Waals surface area contributed by atoms with Gasteiger partial charge in [-0.05, 0) is 30.9 Å². The number of allylic oxidation sites excluding steroid dienone is 1. The molecule has 0 spiro atoms. The van der Waals surface area contributed by atoms with Crippen molar-refractivity contribution in [3.63, 3.8) is 0 Å². The molecule has 1 unspecified atom stereocenters. The summed E-state index contributed by atoms with van der Waals surface area (Å²) in [6.45, 7) is 8.26. The van der Waals surface area contributed by atoms with Crippen molar-refractivity contribution in [2.75, 3.05) is 13.2 Å². The first-order valence-electron chi connectivity index (χ1n) is 6.35. The number of hydrogen-bond donors (Lipinski definition) is 0. The van der Waals surface area contributed by atoms with Crippen LogP contribution >= 0.6 is 0 Å². The fourth-order valence-corrected chi connectivity index (χ4v) is 2.85. The van der Waals surface area contributed by atoms with Gasteiger partial charge in [0, 0.05) is 20.6 Å². The van der Waals surface area contributed by atoms with Crippen LogP contribution in [0, 0.1) is 5.92 Å². The molecule has 1 atom stereocenters. The van der Waals surface area contributed by atoms with Crippen molar-refractivity contribution < 1.29 is 13.9 Å². The zero-order valence-electron chi connectivity index (χ0n) is 11.1. The lowest BCUT2D eigenvalue weighted by Crippen LogP contribution is -2.22. The number of carbonyl (C=O) groups excluding carboxylic acids is 1. The van der Waals surface area contributed by atoms with E-state index in [0.717, 1.165) is 25.5 Å². The van der Waals surface area contributed by atoms with Gasteiger partial charge in [0.15, 0.2) is 12.1 Å². The van der Waals surface area contributed by atoms with E-state index < -0.39 is 13.9 Å². The minimum atomic E-state index is -1.05. The minimum absolute atomic E-state index is 0.127. The Hall–Kier alpha value is -0.483. The number of ether oxygens (including phenoxy) is 1. The third-order valence-corrected chi connectivity index (χ3v) is 4.92. The zero-order valence-corrected chi connectivity index (χ0v) is 12.1. The molecule has 0 amide bonds. The smallest absolute Gasteiger partial charge is 0.178 e. The summed E-state index contributed by atoms with van der Waals surface area (Å²) in [5.41, 5.74) is 0.674. The van der Waals surface area contributed by atoms with Gasteiger partial charge < -0.3 is 4.74 Å². The fourth-order valence-electron chi connectivity index (χ4n) is 2.10. The standard InChI is InChI=1S/C13H23FO2Si/c1-17(2,3)8-7-16-10-11-5-4-6-12(11)13(14)9-15/h9,11H,4-8,10H2,1-3H3. The maximum absolute atomic E-state index is 13.2. The molecule has 1 aliphatic carbocycles. The van der Waals surface area contributed by atoms with Crippen LogP contribution in [-0.4, -0.2) is 27.6 Å². The van der Waals surface area contributed by atoms with Gasteiger partial charge in [-0.1, -0.05) is 19.6 Å². The highest BCUT2D eigenvalue weighted by atomic mass is 28.3. The third kappa shape index (κ3) is 5.13. The number of aldehydes is 1. The topological polar surface area (TPSA) is 26.3 Å². The van der Waals surface area contributed by atoms with E-state index in [9.17, 15) is 9.18 Å². The highest BCUT2D eigenvalue weighted by Crippen LogP contribution is 2.33. The summed E-state index contributed by atoms with van der Waals surface area (Å²) in [6.07, 6.45) is 2.96. The fraction of sp³-hybridized carbons (Fsp3) is 0.769. The first kappa shape index (κ1) is 14.6. The predicted molar refractivity (Wildman–Crippen MR) is 70.5 cm³/mol. The number of halogens is 1. The largest absolute Gasteiger partial charge is 0.381 e. The van der Waals surface area contributed by atoms with Crippen molar-refractivity contribution in [3.05, 3.63) is 11.4 Å². The predicted octanol–water partition coefficient (Wildman–Crippen LogP) is 3.56. The molecule has 0 aromatic rings. The van der Waals surface area contributed by atoms with E-state index in [1.807, 2.05) is 0 Å². The van der Waals surface area contributed by atoms with Crippen LogP contribution in [0.15, 0.2) is 11.4 Å². The zero-order chi connectivity index (χ0) is 12.9. The quantitative estimate of drug-likeness (QED) is 0.315. The van der Waals surface area contributed by atoms with Crippen LogP contribution in [0.5, 0.6) is 0 Å². The Morgan fingerprint density at radius 1 is 1.53 bits per heavy atom. The third-order valence-electron chi connectivity index (χ3n) is 3.22. The first-order valence-corrected chi connectivity index (χ1v) is 10.1. The molecular formula is C13H23FO2Si. The molecule has 1 fully saturated rings. The van der Waals surface area contributed by atoms with Crippen molar-refractivity contribution >= 4 is 14.4 Å². The summed E-state index contributed by atoms with van der Waals surface area (Å²) in [4.78, 5) is 10.4. The summed E-state index contributed by atoms with van der Waals surface area (Å²) < 4.78 is 18.9. The second-order valence-electron chi connectivity index (χ2n) is 5.97. The Balaban J connectivity index is 2.34. The number of hydrogen-bond acceptors (Lipinski definition) is 2. The molecule has 0 aromatic carbocycles. The molecule has 0 bridgehead atoms.